The summed E-state index contributed by atoms with van der Waals surface area (Å²) in [7, 11) is 0. The zero-order valence-electron chi connectivity index (χ0n) is 14.4. The molecule has 134 valence electrons. The summed E-state index contributed by atoms with van der Waals surface area (Å²) in [6.07, 6.45) is 0. The van der Waals surface area contributed by atoms with Crippen LogP contribution in [0.2, 0.25) is 5.02 Å². The fraction of sp³-hybridized carbons (Fsp3) is 0.278. The maximum absolute atomic E-state index is 6.32. The number of aryl methyl sites for hydroxylation is 2. The minimum Gasteiger partial charge on any atom is -0.486 e. The van der Waals surface area contributed by atoms with Crippen LogP contribution < -0.4 is 9.47 Å². The molecule has 0 spiro atoms. The lowest BCUT2D eigenvalue weighted by Crippen LogP contribution is -2.15. The Morgan fingerprint density at radius 1 is 1.15 bits per heavy atom. The summed E-state index contributed by atoms with van der Waals surface area (Å²) >= 11 is 7.87. The minimum absolute atomic E-state index is 0.519. The number of thioether (sulfide) groups is 1. The van der Waals surface area contributed by atoms with Crippen molar-refractivity contribution in [3.63, 3.8) is 0 Å². The molecule has 6 nitrogen and oxygen atoms in total. The third-order valence-corrected chi connectivity index (χ3v) is 5.39. The predicted molar refractivity (Wildman–Crippen MR) is 101 cm³/mol. The van der Waals surface area contributed by atoms with Crippen LogP contribution in [0, 0.1) is 13.8 Å². The number of tetrazole rings is 1. The van der Waals surface area contributed by atoms with Gasteiger partial charge in [0.25, 0.3) is 0 Å². The van der Waals surface area contributed by atoms with E-state index in [4.69, 9.17) is 21.1 Å². The number of ether oxygens (including phenoxy) is 2. The number of benzene rings is 2. The second kappa shape index (κ2) is 7.17. The summed E-state index contributed by atoms with van der Waals surface area (Å²) in [4.78, 5) is 0. The molecule has 1 aromatic heterocycles. The second-order valence-electron chi connectivity index (χ2n) is 6.00. The molecule has 0 fully saturated rings. The van der Waals surface area contributed by atoms with Gasteiger partial charge in [-0.1, -0.05) is 41.6 Å². The highest BCUT2D eigenvalue weighted by Gasteiger charge is 2.18. The van der Waals surface area contributed by atoms with Crippen molar-refractivity contribution in [2.45, 2.75) is 24.8 Å². The molecule has 0 unspecified atom stereocenters. The first-order chi connectivity index (χ1) is 12.6. The van der Waals surface area contributed by atoms with Crippen LogP contribution in [-0.2, 0) is 5.75 Å². The van der Waals surface area contributed by atoms with Crippen LogP contribution in [0.5, 0.6) is 11.5 Å². The van der Waals surface area contributed by atoms with E-state index < -0.39 is 0 Å². The smallest absolute Gasteiger partial charge is 0.214 e. The molecule has 8 heteroatoms. The number of hydrogen-bond donors (Lipinski definition) is 0. The molecule has 0 saturated heterocycles. The topological polar surface area (TPSA) is 62.1 Å². The molecule has 0 aliphatic carbocycles. The molecule has 4 rings (SSSR count). The maximum atomic E-state index is 6.32. The molecule has 1 aliphatic rings. The molecule has 0 bridgehead atoms. The number of fused-ring (bicyclic) bond motifs is 1. The number of aromatic nitrogens is 4. The van der Waals surface area contributed by atoms with Gasteiger partial charge in [-0.3, -0.25) is 0 Å². The van der Waals surface area contributed by atoms with Crippen LogP contribution >= 0.6 is 23.4 Å². The molecule has 0 amide bonds. The fourth-order valence-electron chi connectivity index (χ4n) is 2.94. The highest BCUT2D eigenvalue weighted by molar-refractivity contribution is 7.98. The summed E-state index contributed by atoms with van der Waals surface area (Å²) < 4.78 is 13.0. The lowest BCUT2D eigenvalue weighted by atomic mass is 10.1. The number of hydrogen-bond acceptors (Lipinski definition) is 6. The molecule has 0 radical (unpaired) electrons. The summed E-state index contributed by atoms with van der Waals surface area (Å²) in [5.74, 6) is 1.97. The number of rotatable bonds is 4. The maximum Gasteiger partial charge on any atom is 0.214 e. The number of nitrogens with zero attached hydrogens (tertiary/aromatic N) is 4. The SMILES string of the molecule is Cc1cccc(C)c1-n1nnnc1SCc1cc(Cl)c2c(c1)OCCO2. The summed E-state index contributed by atoms with van der Waals surface area (Å²) in [5, 5.41) is 13.5. The molecule has 26 heavy (non-hydrogen) atoms. The van der Waals surface area contributed by atoms with E-state index in [1.54, 1.807) is 16.4 Å². The van der Waals surface area contributed by atoms with Gasteiger partial charge in [0.15, 0.2) is 11.5 Å². The van der Waals surface area contributed by atoms with Crippen LogP contribution in [-0.4, -0.2) is 33.4 Å². The van der Waals surface area contributed by atoms with Crippen molar-refractivity contribution >= 4 is 23.4 Å². The van der Waals surface area contributed by atoms with Gasteiger partial charge in [-0.15, -0.1) is 5.10 Å². The highest BCUT2D eigenvalue weighted by Crippen LogP contribution is 2.39. The molecule has 0 atom stereocenters. The zero-order chi connectivity index (χ0) is 18.1. The number of para-hydroxylation sites is 1. The standard InChI is InChI=1S/C18H17ClN4O2S/c1-11-4-3-5-12(2)16(11)23-18(20-21-22-23)26-10-13-8-14(19)17-15(9-13)24-6-7-25-17/h3-5,8-9H,6-7,10H2,1-2H3. The van der Waals surface area contributed by atoms with Gasteiger partial charge in [0, 0.05) is 5.75 Å². The first-order valence-electron chi connectivity index (χ1n) is 8.19. The van der Waals surface area contributed by atoms with Gasteiger partial charge in [0.05, 0.1) is 10.7 Å². The van der Waals surface area contributed by atoms with Crippen LogP contribution in [0.25, 0.3) is 5.69 Å². The lowest BCUT2D eigenvalue weighted by molar-refractivity contribution is 0.171. The Hall–Kier alpha value is -2.25. The Bertz CT molecular complexity index is 940. The Labute approximate surface area is 160 Å². The summed E-state index contributed by atoms with van der Waals surface area (Å²) in [5.41, 5.74) is 4.29. The summed E-state index contributed by atoms with van der Waals surface area (Å²) in [6.45, 7) is 5.16. The zero-order valence-corrected chi connectivity index (χ0v) is 16.0. The number of halogens is 1. The molecule has 0 N–H and O–H groups in total. The van der Waals surface area contributed by atoms with Gasteiger partial charge in [0.1, 0.15) is 13.2 Å². The van der Waals surface area contributed by atoms with Gasteiger partial charge in [-0.05, 0) is 53.1 Å². The van der Waals surface area contributed by atoms with E-state index >= 15 is 0 Å². The van der Waals surface area contributed by atoms with Crippen molar-refractivity contribution in [2.75, 3.05) is 13.2 Å². The van der Waals surface area contributed by atoms with Crippen LogP contribution in [0.4, 0.5) is 0 Å². The van der Waals surface area contributed by atoms with Crippen LogP contribution in [0.3, 0.4) is 0 Å². The Morgan fingerprint density at radius 2 is 1.92 bits per heavy atom. The van der Waals surface area contributed by atoms with E-state index in [9.17, 15) is 0 Å². The molecular weight excluding hydrogens is 372 g/mol. The van der Waals surface area contributed by atoms with Gasteiger partial charge in [0.2, 0.25) is 5.16 Å². The molecular formula is C18H17ClN4O2S. The summed E-state index contributed by atoms with van der Waals surface area (Å²) in [6, 6.07) is 10.00. The van der Waals surface area contributed by atoms with E-state index in [1.165, 1.54) is 0 Å². The first kappa shape index (κ1) is 17.2. The minimum atomic E-state index is 0.519. The van der Waals surface area contributed by atoms with Crippen LogP contribution in [0.15, 0.2) is 35.5 Å². The molecule has 1 aliphatic heterocycles. The van der Waals surface area contributed by atoms with Crippen molar-refractivity contribution in [3.05, 3.63) is 52.0 Å². The van der Waals surface area contributed by atoms with E-state index in [2.05, 4.69) is 41.5 Å². The monoisotopic (exact) mass is 388 g/mol. The third-order valence-electron chi connectivity index (χ3n) is 4.12. The van der Waals surface area contributed by atoms with E-state index in [1.807, 2.05) is 18.2 Å². The molecule has 2 aromatic carbocycles. The van der Waals surface area contributed by atoms with Crippen molar-refractivity contribution in [1.82, 2.24) is 20.2 Å². The highest BCUT2D eigenvalue weighted by atomic mass is 35.5. The van der Waals surface area contributed by atoms with Crippen molar-refractivity contribution in [1.29, 1.82) is 0 Å². The van der Waals surface area contributed by atoms with E-state index in [0.29, 0.717) is 35.5 Å². The fourth-order valence-corrected chi connectivity index (χ4v) is 4.04. The Kier molecular flexibility index (Phi) is 4.74. The average molecular weight is 389 g/mol. The first-order valence-corrected chi connectivity index (χ1v) is 9.55. The van der Waals surface area contributed by atoms with Crippen molar-refractivity contribution < 1.29 is 9.47 Å². The van der Waals surface area contributed by atoms with Crippen molar-refractivity contribution in [2.24, 2.45) is 0 Å². The molecule has 3 aromatic rings. The molecule has 0 saturated carbocycles. The normalized spacial score (nSPS) is 13.0. The Balaban J connectivity index is 1.59. The largest absolute Gasteiger partial charge is 0.486 e. The van der Waals surface area contributed by atoms with Crippen molar-refractivity contribution in [3.8, 4) is 17.2 Å². The van der Waals surface area contributed by atoms with E-state index in [-0.39, 0.29) is 0 Å². The van der Waals surface area contributed by atoms with Crippen LogP contribution in [0.1, 0.15) is 16.7 Å². The van der Waals surface area contributed by atoms with Gasteiger partial charge in [-0.2, -0.15) is 4.68 Å². The van der Waals surface area contributed by atoms with Gasteiger partial charge in [-0.25, -0.2) is 0 Å². The van der Waals surface area contributed by atoms with Gasteiger partial charge < -0.3 is 9.47 Å². The third kappa shape index (κ3) is 3.24. The second-order valence-corrected chi connectivity index (χ2v) is 7.35. The van der Waals surface area contributed by atoms with Gasteiger partial charge >= 0.3 is 0 Å². The predicted octanol–water partition coefficient (Wildman–Crippen LogP) is 4.00. The Morgan fingerprint density at radius 3 is 2.73 bits per heavy atom. The quantitative estimate of drug-likeness (QED) is 0.629. The van der Waals surface area contributed by atoms with E-state index in [0.717, 1.165) is 27.5 Å². The molecule has 2 heterocycles. The average Bonchev–Trinajstić information content (AvgIpc) is 3.08. The lowest BCUT2D eigenvalue weighted by Gasteiger charge is -2.20.